The fraction of sp³-hybridized carbons (Fsp3) is 0.0500. The summed E-state index contributed by atoms with van der Waals surface area (Å²) in [5, 5.41) is 0.594. The van der Waals surface area contributed by atoms with Crippen LogP contribution in [0.4, 0.5) is 10.1 Å². The molecule has 27 heavy (non-hydrogen) atoms. The van der Waals surface area contributed by atoms with Crippen LogP contribution in [0.5, 0.6) is 0 Å². The Morgan fingerprint density at radius 3 is 2.52 bits per heavy atom. The number of hydrogen-bond acceptors (Lipinski definition) is 3. The van der Waals surface area contributed by atoms with Crippen LogP contribution in [0.2, 0.25) is 5.02 Å². The maximum absolute atomic E-state index is 13.3. The summed E-state index contributed by atoms with van der Waals surface area (Å²) < 4.78 is 14.9. The molecule has 0 saturated heterocycles. The highest BCUT2D eigenvalue weighted by Crippen LogP contribution is 2.27. The van der Waals surface area contributed by atoms with Crippen LogP contribution < -0.4 is 4.90 Å². The molecule has 134 valence electrons. The van der Waals surface area contributed by atoms with Gasteiger partial charge in [-0.15, -0.1) is 0 Å². The van der Waals surface area contributed by atoms with Crippen molar-refractivity contribution in [2.45, 2.75) is 0 Å². The summed E-state index contributed by atoms with van der Waals surface area (Å²) in [4.78, 5) is 23.5. The molecule has 0 aliphatic carbocycles. The summed E-state index contributed by atoms with van der Waals surface area (Å²) in [6.45, 7) is 0. The monoisotopic (exact) mass is 380 g/mol. The van der Waals surface area contributed by atoms with E-state index in [1.807, 2.05) is 0 Å². The molecule has 0 radical (unpaired) electrons. The summed E-state index contributed by atoms with van der Waals surface area (Å²) in [6, 6.07) is 14.6. The molecule has 0 unspecified atom stereocenters. The van der Waals surface area contributed by atoms with Crippen molar-refractivity contribution in [2.24, 2.45) is 0 Å². The molecule has 7 heteroatoms. The van der Waals surface area contributed by atoms with E-state index in [1.165, 1.54) is 17.0 Å². The van der Waals surface area contributed by atoms with Crippen molar-refractivity contribution in [1.29, 1.82) is 0 Å². The number of rotatable bonds is 3. The molecule has 0 saturated carbocycles. The number of benzene rings is 2. The van der Waals surface area contributed by atoms with Crippen LogP contribution in [-0.2, 0) is 0 Å². The number of carbonyl (C=O) groups excluding carboxylic acids is 1. The quantitative estimate of drug-likeness (QED) is 0.527. The first-order valence-electron chi connectivity index (χ1n) is 8.17. The first-order valence-corrected chi connectivity index (χ1v) is 8.55. The molecule has 4 aromatic rings. The van der Waals surface area contributed by atoms with E-state index < -0.39 is 0 Å². The van der Waals surface area contributed by atoms with Crippen molar-refractivity contribution in [3.8, 4) is 11.3 Å². The average Bonchev–Trinajstić information content (AvgIpc) is 3.07. The molecule has 2 aromatic carbocycles. The zero-order valence-corrected chi connectivity index (χ0v) is 15.1. The molecule has 4 rings (SSSR count). The van der Waals surface area contributed by atoms with Crippen molar-refractivity contribution in [3.05, 3.63) is 83.5 Å². The third-order valence-electron chi connectivity index (χ3n) is 4.24. The lowest BCUT2D eigenvalue weighted by molar-refractivity contribution is 0.0988. The molecule has 1 amide bonds. The number of halogens is 2. The second-order valence-electron chi connectivity index (χ2n) is 5.95. The van der Waals surface area contributed by atoms with Gasteiger partial charge in [-0.3, -0.25) is 9.20 Å². The van der Waals surface area contributed by atoms with Crippen molar-refractivity contribution in [1.82, 2.24) is 14.4 Å². The standard InChI is InChI=1S/C20H14ClFN4O/c1-25(16-9-7-15(22)8-10-16)19(27)18-17(13-3-5-14(21)6-4-13)24-20-23-11-2-12-26(18)20/h2-12H,1H3. The van der Waals surface area contributed by atoms with E-state index in [1.54, 1.807) is 66.3 Å². The summed E-state index contributed by atoms with van der Waals surface area (Å²) in [5.74, 6) is -0.231. The Morgan fingerprint density at radius 2 is 1.81 bits per heavy atom. The van der Waals surface area contributed by atoms with Gasteiger partial charge < -0.3 is 4.90 Å². The first kappa shape index (κ1) is 17.2. The molecule has 2 aromatic heterocycles. The van der Waals surface area contributed by atoms with Crippen LogP contribution in [0, 0.1) is 5.82 Å². The smallest absolute Gasteiger partial charge is 0.277 e. The maximum atomic E-state index is 13.3. The lowest BCUT2D eigenvalue weighted by Gasteiger charge is -2.18. The van der Waals surface area contributed by atoms with Crippen molar-refractivity contribution < 1.29 is 9.18 Å². The molecule has 0 N–H and O–H groups in total. The molecule has 0 bridgehead atoms. The van der Waals surface area contributed by atoms with Crippen LogP contribution in [0.1, 0.15) is 10.5 Å². The lowest BCUT2D eigenvalue weighted by atomic mass is 10.1. The van der Waals surface area contributed by atoms with E-state index in [-0.39, 0.29) is 11.7 Å². The predicted octanol–water partition coefficient (Wildman–Crippen LogP) is 4.47. The average molecular weight is 381 g/mol. The molecule has 0 aliphatic rings. The second-order valence-corrected chi connectivity index (χ2v) is 6.38. The fourth-order valence-corrected chi connectivity index (χ4v) is 2.97. The van der Waals surface area contributed by atoms with Gasteiger partial charge in [0.25, 0.3) is 5.91 Å². The number of nitrogens with zero attached hydrogens (tertiary/aromatic N) is 4. The fourth-order valence-electron chi connectivity index (χ4n) is 2.84. The van der Waals surface area contributed by atoms with Crippen molar-refractivity contribution in [2.75, 3.05) is 11.9 Å². The van der Waals surface area contributed by atoms with E-state index in [9.17, 15) is 9.18 Å². The number of anilines is 1. The lowest BCUT2D eigenvalue weighted by Crippen LogP contribution is -2.28. The largest absolute Gasteiger partial charge is 0.310 e. The predicted molar refractivity (Wildman–Crippen MR) is 103 cm³/mol. The topological polar surface area (TPSA) is 50.5 Å². The minimum atomic E-state index is -0.361. The van der Waals surface area contributed by atoms with Crippen LogP contribution in [-0.4, -0.2) is 27.3 Å². The Kier molecular flexibility index (Phi) is 4.33. The molecule has 0 aliphatic heterocycles. The SMILES string of the molecule is CN(C(=O)c1c(-c2ccc(Cl)cc2)nc2ncccn12)c1ccc(F)cc1. The number of amides is 1. The number of carbonyl (C=O) groups is 1. The van der Waals surface area contributed by atoms with Crippen LogP contribution in [0.3, 0.4) is 0 Å². The van der Waals surface area contributed by atoms with Gasteiger partial charge in [-0.05, 0) is 42.5 Å². The Bertz CT molecular complexity index is 1120. The van der Waals surface area contributed by atoms with Crippen molar-refractivity contribution in [3.63, 3.8) is 0 Å². The third kappa shape index (κ3) is 3.15. The van der Waals surface area contributed by atoms with Crippen LogP contribution in [0.15, 0.2) is 67.0 Å². The number of fused-ring (bicyclic) bond motifs is 1. The molecular formula is C20H14ClFN4O. The molecule has 2 heterocycles. The van der Waals surface area contributed by atoms with Gasteiger partial charge in [-0.2, -0.15) is 0 Å². The third-order valence-corrected chi connectivity index (χ3v) is 4.49. The van der Waals surface area contributed by atoms with Crippen molar-refractivity contribution >= 4 is 29.0 Å². The van der Waals surface area contributed by atoms with E-state index in [0.29, 0.717) is 27.9 Å². The van der Waals surface area contributed by atoms with E-state index in [0.717, 1.165) is 5.56 Å². The summed E-state index contributed by atoms with van der Waals surface area (Å²) >= 11 is 5.98. The number of imidazole rings is 1. The van der Waals surface area contributed by atoms with E-state index in [4.69, 9.17) is 11.6 Å². The molecular weight excluding hydrogens is 367 g/mol. The molecule has 0 spiro atoms. The zero-order chi connectivity index (χ0) is 19.0. The first-order chi connectivity index (χ1) is 13.0. The van der Waals surface area contributed by atoms with Gasteiger partial charge in [0.05, 0.1) is 0 Å². The molecule has 0 fully saturated rings. The van der Waals surface area contributed by atoms with Gasteiger partial charge in [0.15, 0.2) is 0 Å². The zero-order valence-electron chi connectivity index (χ0n) is 14.3. The van der Waals surface area contributed by atoms with E-state index in [2.05, 4.69) is 9.97 Å². The van der Waals surface area contributed by atoms with Gasteiger partial charge >= 0.3 is 0 Å². The number of hydrogen-bond donors (Lipinski definition) is 0. The highest BCUT2D eigenvalue weighted by atomic mass is 35.5. The normalized spacial score (nSPS) is 10.9. The summed E-state index contributed by atoms with van der Waals surface area (Å²) in [5.41, 5.74) is 2.19. The second kappa shape index (κ2) is 6.81. The molecule has 5 nitrogen and oxygen atoms in total. The molecule has 0 atom stereocenters. The van der Waals surface area contributed by atoms with Crippen LogP contribution in [0.25, 0.3) is 17.0 Å². The number of aromatic nitrogens is 3. The highest BCUT2D eigenvalue weighted by molar-refractivity contribution is 6.30. The van der Waals surface area contributed by atoms with Crippen LogP contribution >= 0.6 is 11.6 Å². The Labute approximate surface area is 159 Å². The van der Waals surface area contributed by atoms with Gasteiger partial charge in [-0.1, -0.05) is 23.7 Å². The van der Waals surface area contributed by atoms with Gasteiger partial charge in [0.2, 0.25) is 5.78 Å². The Balaban J connectivity index is 1.86. The minimum Gasteiger partial charge on any atom is -0.310 e. The van der Waals surface area contributed by atoms with Gasteiger partial charge in [-0.25, -0.2) is 14.4 Å². The Hall–Kier alpha value is -3.25. The Morgan fingerprint density at radius 1 is 1.11 bits per heavy atom. The highest BCUT2D eigenvalue weighted by Gasteiger charge is 2.24. The van der Waals surface area contributed by atoms with Gasteiger partial charge in [0.1, 0.15) is 17.2 Å². The minimum absolute atomic E-state index is 0.285. The summed E-state index contributed by atoms with van der Waals surface area (Å²) in [6.07, 6.45) is 3.35. The summed E-state index contributed by atoms with van der Waals surface area (Å²) in [7, 11) is 1.64. The van der Waals surface area contributed by atoms with Gasteiger partial charge in [0, 0.05) is 35.7 Å². The maximum Gasteiger partial charge on any atom is 0.277 e. The van der Waals surface area contributed by atoms with E-state index >= 15 is 0 Å².